The van der Waals surface area contributed by atoms with E-state index in [4.69, 9.17) is 9.47 Å². The van der Waals surface area contributed by atoms with Crippen molar-refractivity contribution < 1.29 is 19.4 Å². The molecular formula is C29H44O4. The van der Waals surface area contributed by atoms with Crippen molar-refractivity contribution in [1.82, 2.24) is 0 Å². The molecule has 1 N–H and O–H groups in total. The topological polar surface area (TPSA) is 55.8 Å². The summed E-state index contributed by atoms with van der Waals surface area (Å²) in [4.78, 5) is 12.2. The minimum absolute atomic E-state index is 0.0737. The summed E-state index contributed by atoms with van der Waals surface area (Å²) in [5, 5.41) is 9.97. The Bertz CT molecular complexity index is 864. The first-order chi connectivity index (χ1) is 15.5. The molecule has 4 heteroatoms. The van der Waals surface area contributed by atoms with Gasteiger partial charge in [0.1, 0.15) is 30.0 Å². The Kier molecular flexibility index (Phi) is 11.0. The van der Waals surface area contributed by atoms with Crippen LogP contribution in [0.15, 0.2) is 54.0 Å². The van der Waals surface area contributed by atoms with Crippen LogP contribution in [0, 0.1) is 12.3 Å². The molecule has 0 radical (unpaired) electrons. The molecule has 1 aromatic rings. The molecular weight excluding hydrogens is 412 g/mol. The van der Waals surface area contributed by atoms with Gasteiger partial charge in [0.25, 0.3) is 0 Å². The van der Waals surface area contributed by atoms with Gasteiger partial charge >= 0.3 is 0 Å². The average Bonchev–Trinajstić information content (AvgIpc) is 2.85. The molecule has 4 nitrogen and oxygen atoms in total. The Morgan fingerprint density at radius 3 is 2.36 bits per heavy atom. The Morgan fingerprint density at radius 2 is 1.82 bits per heavy atom. The second-order valence-electron chi connectivity index (χ2n) is 9.35. The van der Waals surface area contributed by atoms with Crippen molar-refractivity contribution in [3.63, 3.8) is 0 Å². The van der Waals surface area contributed by atoms with Crippen LogP contribution in [0.4, 0.5) is 0 Å². The number of rotatable bonds is 7. The van der Waals surface area contributed by atoms with Crippen LogP contribution in [-0.2, 0) is 14.9 Å². The largest absolute Gasteiger partial charge is 0.508 e. The van der Waals surface area contributed by atoms with Crippen LogP contribution >= 0.6 is 0 Å². The maximum atomic E-state index is 12.2. The fraction of sp³-hybridized carbons (Fsp3) is 0.552. The van der Waals surface area contributed by atoms with Crippen molar-refractivity contribution in [3.8, 4) is 5.75 Å². The quantitative estimate of drug-likeness (QED) is 0.455. The Morgan fingerprint density at radius 1 is 1.18 bits per heavy atom. The molecule has 1 aliphatic heterocycles. The number of ketones is 1. The molecule has 0 aromatic heterocycles. The molecule has 0 fully saturated rings. The number of aryl methyl sites for hydroxylation is 1. The van der Waals surface area contributed by atoms with Crippen LogP contribution in [0.3, 0.4) is 0 Å². The number of benzene rings is 1. The van der Waals surface area contributed by atoms with E-state index in [1.54, 1.807) is 12.2 Å². The van der Waals surface area contributed by atoms with Gasteiger partial charge in [0.05, 0.1) is 5.41 Å². The van der Waals surface area contributed by atoms with Gasteiger partial charge < -0.3 is 14.6 Å². The third-order valence-corrected chi connectivity index (χ3v) is 6.05. The van der Waals surface area contributed by atoms with Gasteiger partial charge in [-0.2, -0.15) is 0 Å². The van der Waals surface area contributed by atoms with Gasteiger partial charge in [-0.1, -0.05) is 66.7 Å². The number of hydrogen-bond acceptors (Lipinski definition) is 4. The van der Waals surface area contributed by atoms with E-state index in [0.717, 1.165) is 29.9 Å². The predicted octanol–water partition coefficient (Wildman–Crippen LogP) is 7.76. The molecule has 1 heterocycles. The number of hydrogen-bond donors (Lipinski definition) is 1. The summed E-state index contributed by atoms with van der Waals surface area (Å²) in [7, 11) is 0. The zero-order chi connectivity index (χ0) is 25.2. The molecule has 1 aliphatic rings. The van der Waals surface area contributed by atoms with E-state index in [9.17, 15) is 9.90 Å². The number of aliphatic hydroxyl groups is 1. The molecule has 0 spiro atoms. The number of carbonyl (C=O) groups is 1. The lowest BCUT2D eigenvalue weighted by atomic mass is 9.73. The second kappa shape index (κ2) is 12.7. The highest BCUT2D eigenvalue weighted by Crippen LogP contribution is 2.42. The van der Waals surface area contributed by atoms with E-state index in [-0.39, 0.29) is 29.7 Å². The van der Waals surface area contributed by atoms with Gasteiger partial charge in [-0.25, -0.2) is 0 Å². The minimum Gasteiger partial charge on any atom is -0.508 e. The molecule has 0 aliphatic carbocycles. The number of Topliss-reactive ketones (excluding diaryl/α,β-unsaturated/α-hetero) is 1. The fourth-order valence-electron chi connectivity index (χ4n) is 3.87. The Labute approximate surface area is 201 Å². The summed E-state index contributed by atoms with van der Waals surface area (Å²) in [5.41, 5.74) is 1.47. The van der Waals surface area contributed by atoms with Gasteiger partial charge in [-0.05, 0) is 68.5 Å². The van der Waals surface area contributed by atoms with E-state index in [2.05, 4.69) is 32.1 Å². The van der Waals surface area contributed by atoms with Crippen LogP contribution in [0.25, 0.3) is 0 Å². The van der Waals surface area contributed by atoms with Crippen LogP contribution in [-0.4, -0.2) is 23.6 Å². The first kappa shape index (κ1) is 28.5. The fourth-order valence-corrected chi connectivity index (χ4v) is 3.87. The molecule has 1 unspecified atom stereocenters. The number of aliphatic hydroxyl groups excluding tert-OH is 1. The number of ether oxygens (including phenoxy) is 2. The van der Waals surface area contributed by atoms with Crippen LogP contribution in [0.1, 0.15) is 85.8 Å². The molecule has 0 saturated heterocycles. The van der Waals surface area contributed by atoms with Gasteiger partial charge in [0, 0.05) is 5.41 Å². The average molecular weight is 457 g/mol. The summed E-state index contributed by atoms with van der Waals surface area (Å²) in [6.45, 7) is 18.1. The van der Waals surface area contributed by atoms with Crippen LogP contribution in [0.5, 0.6) is 5.75 Å². The highest BCUT2D eigenvalue weighted by Gasteiger charge is 2.35. The molecule has 0 amide bonds. The van der Waals surface area contributed by atoms with Gasteiger partial charge in [-0.3, -0.25) is 4.79 Å². The normalized spacial score (nSPS) is 20.8. The third-order valence-electron chi connectivity index (χ3n) is 6.05. The monoisotopic (exact) mass is 456 g/mol. The van der Waals surface area contributed by atoms with Crippen molar-refractivity contribution >= 4 is 5.78 Å². The maximum absolute atomic E-state index is 12.2. The highest BCUT2D eigenvalue weighted by molar-refractivity contribution is 5.85. The van der Waals surface area contributed by atoms with Crippen LogP contribution in [0.2, 0.25) is 0 Å². The van der Waals surface area contributed by atoms with Crippen molar-refractivity contribution in [2.75, 3.05) is 6.61 Å². The number of allylic oxidation sites excluding steroid dienone is 4. The molecule has 1 aromatic carbocycles. The summed E-state index contributed by atoms with van der Waals surface area (Å²) in [5.74, 6) is 1.96. The first-order valence-corrected chi connectivity index (χ1v) is 12.2. The zero-order valence-corrected chi connectivity index (χ0v) is 22.1. The Hall–Kier alpha value is -2.49. The molecule has 1 atom stereocenters. The third kappa shape index (κ3) is 7.52. The lowest BCUT2D eigenvalue weighted by Crippen LogP contribution is -2.30. The highest BCUT2D eigenvalue weighted by atomic mass is 16.5. The summed E-state index contributed by atoms with van der Waals surface area (Å²) in [6.07, 6.45) is 9.71. The zero-order valence-electron chi connectivity index (χ0n) is 22.1. The van der Waals surface area contributed by atoms with Gasteiger partial charge in [0.15, 0.2) is 5.78 Å². The maximum Gasteiger partial charge on any atom is 0.175 e. The second-order valence-corrected chi connectivity index (χ2v) is 9.35. The summed E-state index contributed by atoms with van der Waals surface area (Å²) < 4.78 is 12.2. The molecule has 0 saturated carbocycles. The standard InChI is InChI=1S/C27H38O4.C2H6/c1-8-27(9-2,25-13-11-10-12-22(28)17-20(4)31-25)21-14-15-23(19(3)16-21)30-18-24(29)26(5,6)7;1-2/h10,12-17,20,28H,8-9,11,18H2,1-7H3;1-2H3/b12-10-,22-17+,25-13-;. The van der Waals surface area contributed by atoms with E-state index in [1.165, 1.54) is 5.56 Å². The van der Waals surface area contributed by atoms with Crippen molar-refractivity contribution in [2.24, 2.45) is 5.41 Å². The lowest BCUT2D eigenvalue weighted by Gasteiger charge is -2.36. The van der Waals surface area contributed by atoms with E-state index in [0.29, 0.717) is 6.42 Å². The minimum atomic E-state index is -0.415. The van der Waals surface area contributed by atoms with E-state index >= 15 is 0 Å². The summed E-state index contributed by atoms with van der Waals surface area (Å²) >= 11 is 0. The van der Waals surface area contributed by atoms with E-state index < -0.39 is 5.41 Å². The molecule has 2 rings (SSSR count). The van der Waals surface area contributed by atoms with Crippen molar-refractivity contribution in [2.45, 2.75) is 93.1 Å². The predicted molar refractivity (Wildman–Crippen MR) is 138 cm³/mol. The van der Waals surface area contributed by atoms with Crippen LogP contribution < -0.4 is 4.74 Å². The molecule has 33 heavy (non-hydrogen) atoms. The van der Waals surface area contributed by atoms with Crippen molar-refractivity contribution in [3.05, 3.63) is 65.1 Å². The number of carbonyl (C=O) groups excluding carboxylic acids is 1. The molecule has 0 bridgehead atoms. The van der Waals surface area contributed by atoms with E-state index in [1.807, 2.05) is 60.6 Å². The summed E-state index contributed by atoms with van der Waals surface area (Å²) in [6, 6.07) is 6.20. The first-order valence-electron chi connectivity index (χ1n) is 12.2. The lowest BCUT2D eigenvalue weighted by molar-refractivity contribution is -0.128. The van der Waals surface area contributed by atoms with Gasteiger partial charge in [0.2, 0.25) is 0 Å². The Balaban J connectivity index is 0.00000265. The smallest absolute Gasteiger partial charge is 0.175 e. The van der Waals surface area contributed by atoms with Crippen molar-refractivity contribution in [1.29, 1.82) is 0 Å². The van der Waals surface area contributed by atoms with Gasteiger partial charge in [-0.15, -0.1) is 0 Å². The molecule has 184 valence electrons. The SMILES string of the molecule is CC.CCC(CC)(/C1=C/C/C=C\C(O)=C/C(C)O1)c1ccc(OCC(=O)C(C)(C)C)c(C)c1.